The first-order valence-electron chi connectivity index (χ1n) is 5.33. The highest BCUT2D eigenvalue weighted by molar-refractivity contribution is 6.31. The standard InChI is InChI=1S/C12H18ClFN2/c1-9(15-6-7-16(2)3)11-5-4-10(14)8-12(11)13/h4-5,8-9,15H,6-7H2,1-3H3. The largest absolute Gasteiger partial charge is 0.309 e. The molecule has 0 aliphatic carbocycles. The van der Waals surface area contributed by atoms with Crippen LogP contribution in [0.25, 0.3) is 0 Å². The van der Waals surface area contributed by atoms with Gasteiger partial charge in [0, 0.05) is 24.2 Å². The fraction of sp³-hybridized carbons (Fsp3) is 0.500. The van der Waals surface area contributed by atoms with Crippen LogP contribution in [0, 0.1) is 5.82 Å². The molecule has 4 heteroatoms. The van der Waals surface area contributed by atoms with Crippen LogP contribution in [0.15, 0.2) is 18.2 Å². The van der Waals surface area contributed by atoms with E-state index in [0.717, 1.165) is 18.7 Å². The van der Waals surface area contributed by atoms with Gasteiger partial charge >= 0.3 is 0 Å². The van der Waals surface area contributed by atoms with Crippen molar-refractivity contribution in [2.75, 3.05) is 27.2 Å². The Morgan fingerprint density at radius 3 is 2.69 bits per heavy atom. The summed E-state index contributed by atoms with van der Waals surface area (Å²) in [4.78, 5) is 2.10. The summed E-state index contributed by atoms with van der Waals surface area (Å²) in [5, 5.41) is 3.82. The minimum absolute atomic E-state index is 0.132. The second-order valence-corrected chi connectivity index (χ2v) is 4.55. The van der Waals surface area contributed by atoms with Crippen molar-refractivity contribution in [3.8, 4) is 0 Å². The molecule has 1 aromatic carbocycles. The van der Waals surface area contributed by atoms with E-state index in [1.165, 1.54) is 12.1 Å². The maximum atomic E-state index is 12.9. The summed E-state index contributed by atoms with van der Waals surface area (Å²) in [5.41, 5.74) is 0.932. The fourth-order valence-corrected chi connectivity index (χ4v) is 1.80. The smallest absolute Gasteiger partial charge is 0.124 e. The van der Waals surface area contributed by atoms with E-state index in [2.05, 4.69) is 10.2 Å². The first-order valence-corrected chi connectivity index (χ1v) is 5.71. The molecule has 1 atom stereocenters. The van der Waals surface area contributed by atoms with E-state index >= 15 is 0 Å². The number of nitrogens with zero attached hydrogens (tertiary/aromatic N) is 1. The second kappa shape index (κ2) is 6.18. The molecular weight excluding hydrogens is 227 g/mol. The van der Waals surface area contributed by atoms with Crippen LogP contribution < -0.4 is 5.32 Å². The third-order valence-corrected chi connectivity index (χ3v) is 2.77. The lowest BCUT2D eigenvalue weighted by atomic mass is 10.1. The second-order valence-electron chi connectivity index (χ2n) is 4.14. The quantitative estimate of drug-likeness (QED) is 0.857. The molecule has 0 aliphatic heterocycles. The summed E-state index contributed by atoms with van der Waals surface area (Å²) in [6.45, 7) is 3.86. The van der Waals surface area contributed by atoms with Gasteiger partial charge in [-0.25, -0.2) is 4.39 Å². The van der Waals surface area contributed by atoms with Gasteiger partial charge in [0.1, 0.15) is 5.82 Å². The summed E-state index contributed by atoms with van der Waals surface area (Å²) in [6.07, 6.45) is 0. The minimum atomic E-state index is -0.297. The van der Waals surface area contributed by atoms with E-state index in [9.17, 15) is 4.39 Å². The number of hydrogen-bond acceptors (Lipinski definition) is 2. The molecule has 0 saturated heterocycles. The van der Waals surface area contributed by atoms with Crippen LogP contribution in [0.4, 0.5) is 4.39 Å². The molecule has 1 rings (SSSR count). The Kier molecular flexibility index (Phi) is 5.19. The summed E-state index contributed by atoms with van der Waals surface area (Å²) in [5.74, 6) is -0.297. The van der Waals surface area contributed by atoms with E-state index < -0.39 is 0 Å². The average molecular weight is 245 g/mol. The van der Waals surface area contributed by atoms with Crippen molar-refractivity contribution in [2.24, 2.45) is 0 Å². The monoisotopic (exact) mass is 244 g/mol. The molecule has 0 aliphatic rings. The lowest BCUT2D eigenvalue weighted by Crippen LogP contribution is -2.28. The van der Waals surface area contributed by atoms with Gasteiger partial charge in [-0.2, -0.15) is 0 Å². The van der Waals surface area contributed by atoms with Gasteiger partial charge in [-0.3, -0.25) is 0 Å². The Labute approximate surface area is 101 Å². The zero-order valence-electron chi connectivity index (χ0n) is 9.93. The van der Waals surface area contributed by atoms with Crippen LogP contribution in [0.2, 0.25) is 5.02 Å². The first-order chi connectivity index (χ1) is 7.50. The number of halogens is 2. The zero-order valence-corrected chi connectivity index (χ0v) is 10.7. The molecule has 16 heavy (non-hydrogen) atoms. The Hall–Kier alpha value is -0.640. The molecule has 2 nitrogen and oxygen atoms in total. The molecule has 0 radical (unpaired) electrons. The molecule has 1 N–H and O–H groups in total. The molecule has 0 saturated carbocycles. The van der Waals surface area contributed by atoms with Crippen molar-refractivity contribution in [3.63, 3.8) is 0 Å². The van der Waals surface area contributed by atoms with Crippen molar-refractivity contribution in [3.05, 3.63) is 34.6 Å². The molecule has 0 spiro atoms. The lowest BCUT2D eigenvalue weighted by Gasteiger charge is -2.17. The summed E-state index contributed by atoms with van der Waals surface area (Å²) in [7, 11) is 4.05. The number of benzene rings is 1. The van der Waals surface area contributed by atoms with E-state index in [0.29, 0.717) is 5.02 Å². The predicted molar refractivity (Wildman–Crippen MR) is 66.4 cm³/mol. The van der Waals surface area contributed by atoms with Crippen LogP contribution in [0.5, 0.6) is 0 Å². The van der Waals surface area contributed by atoms with Gasteiger partial charge in [0.15, 0.2) is 0 Å². The first kappa shape index (κ1) is 13.4. The lowest BCUT2D eigenvalue weighted by molar-refractivity contribution is 0.389. The molecular formula is C12H18ClFN2. The van der Waals surface area contributed by atoms with E-state index in [4.69, 9.17) is 11.6 Å². The SMILES string of the molecule is CC(NCCN(C)C)c1ccc(F)cc1Cl. The molecule has 0 amide bonds. The van der Waals surface area contributed by atoms with Crippen molar-refractivity contribution >= 4 is 11.6 Å². The average Bonchev–Trinajstić information content (AvgIpc) is 2.16. The molecule has 1 unspecified atom stereocenters. The maximum absolute atomic E-state index is 12.9. The van der Waals surface area contributed by atoms with Crippen molar-refractivity contribution in [1.82, 2.24) is 10.2 Å². The van der Waals surface area contributed by atoms with Gasteiger partial charge in [0.25, 0.3) is 0 Å². The van der Waals surface area contributed by atoms with Gasteiger partial charge in [-0.15, -0.1) is 0 Å². The topological polar surface area (TPSA) is 15.3 Å². The number of likely N-dealkylation sites (N-methyl/N-ethyl adjacent to an activating group) is 1. The predicted octanol–water partition coefficient (Wildman–Crippen LogP) is 2.69. The Morgan fingerprint density at radius 2 is 2.12 bits per heavy atom. The summed E-state index contributed by atoms with van der Waals surface area (Å²) >= 11 is 5.98. The molecule has 0 heterocycles. The van der Waals surface area contributed by atoms with E-state index in [1.54, 1.807) is 6.07 Å². The van der Waals surface area contributed by atoms with Crippen molar-refractivity contribution < 1.29 is 4.39 Å². The van der Waals surface area contributed by atoms with Crippen LogP contribution in [-0.2, 0) is 0 Å². The normalized spacial score (nSPS) is 13.1. The van der Waals surface area contributed by atoms with Crippen LogP contribution in [0.1, 0.15) is 18.5 Å². The third kappa shape index (κ3) is 4.08. The van der Waals surface area contributed by atoms with E-state index in [-0.39, 0.29) is 11.9 Å². The van der Waals surface area contributed by atoms with Crippen LogP contribution in [0.3, 0.4) is 0 Å². The van der Waals surface area contributed by atoms with Gasteiger partial charge in [-0.1, -0.05) is 17.7 Å². The van der Waals surface area contributed by atoms with Gasteiger partial charge < -0.3 is 10.2 Å². The maximum Gasteiger partial charge on any atom is 0.124 e. The Bertz CT molecular complexity index is 342. The molecule has 1 aromatic rings. The number of nitrogens with one attached hydrogen (secondary N) is 1. The van der Waals surface area contributed by atoms with Crippen molar-refractivity contribution in [1.29, 1.82) is 0 Å². The highest BCUT2D eigenvalue weighted by atomic mass is 35.5. The number of rotatable bonds is 5. The minimum Gasteiger partial charge on any atom is -0.309 e. The molecule has 90 valence electrons. The van der Waals surface area contributed by atoms with Gasteiger partial charge in [0.05, 0.1) is 0 Å². The zero-order chi connectivity index (χ0) is 12.1. The summed E-state index contributed by atoms with van der Waals surface area (Å²) in [6, 6.07) is 4.64. The Balaban J connectivity index is 2.55. The third-order valence-electron chi connectivity index (χ3n) is 2.44. The molecule has 0 fully saturated rings. The Morgan fingerprint density at radius 1 is 1.44 bits per heavy atom. The fourth-order valence-electron chi connectivity index (χ4n) is 1.47. The molecule has 0 aromatic heterocycles. The highest BCUT2D eigenvalue weighted by Crippen LogP contribution is 2.23. The highest BCUT2D eigenvalue weighted by Gasteiger charge is 2.09. The number of hydrogen-bond donors (Lipinski definition) is 1. The molecule has 0 bridgehead atoms. The van der Waals surface area contributed by atoms with Crippen molar-refractivity contribution in [2.45, 2.75) is 13.0 Å². The van der Waals surface area contributed by atoms with E-state index in [1.807, 2.05) is 21.0 Å². The van der Waals surface area contributed by atoms with Gasteiger partial charge in [-0.05, 0) is 38.7 Å². The van der Waals surface area contributed by atoms with Crippen LogP contribution in [-0.4, -0.2) is 32.1 Å². The van der Waals surface area contributed by atoms with Gasteiger partial charge in [0.2, 0.25) is 0 Å². The van der Waals surface area contributed by atoms with Crippen LogP contribution >= 0.6 is 11.6 Å². The summed E-state index contributed by atoms with van der Waals surface area (Å²) < 4.78 is 12.9.